The van der Waals surface area contributed by atoms with Crippen LogP contribution in [0.5, 0.6) is 0 Å². The van der Waals surface area contributed by atoms with Crippen molar-refractivity contribution >= 4 is 41.8 Å². The van der Waals surface area contributed by atoms with Crippen LogP contribution in [0.4, 0.5) is 0 Å². The van der Waals surface area contributed by atoms with E-state index in [0.29, 0.717) is 0 Å². The van der Waals surface area contributed by atoms with E-state index < -0.39 is 129 Å². The molecule has 310 valence electrons. The van der Waals surface area contributed by atoms with Crippen LogP contribution in [-0.2, 0) is 102 Å². The lowest BCUT2D eigenvalue weighted by Crippen LogP contribution is -2.64. The zero-order chi connectivity index (χ0) is 41.1. The van der Waals surface area contributed by atoms with Gasteiger partial charge >= 0.3 is 41.8 Å². The van der Waals surface area contributed by atoms with E-state index in [0.717, 1.165) is 54.0 Å². The van der Waals surface area contributed by atoms with Crippen molar-refractivity contribution in [1.82, 2.24) is 0 Å². The van der Waals surface area contributed by atoms with Crippen molar-refractivity contribution in [3.63, 3.8) is 0 Å². The van der Waals surface area contributed by atoms with Gasteiger partial charge in [0, 0.05) is 48.5 Å². The largest absolute Gasteiger partial charge is 0.455 e. The average molecular weight is 799 g/mol. The monoisotopic (exact) mass is 798 g/mol. The van der Waals surface area contributed by atoms with Gasteiger partial charge in [-0.25, -0.2) is 0 Å². The number of ether oxygens (including phenoxy) is 13. The van der Waals surface area contributed by atoms with Crippen molar-refractivity contribution < 1.29 is 95.1 Å². The molecule has 20 heteroatoms. The summed E-state index contributed by atoms with van der Waals surface area (Å²) in [5.41, 5.74) is 0.804. The Kier molecular flexibility index (Phi) is 16.1. The zero-order valence-corrected chi connectivity index (χ0v) is 31.8. The van der Waals surface area contributed by atoms with Crippen molar-refractivity contribution in [2.45, 2.75) is 129 Å². The van der Waals surface area contributed by atoms with Gasteiger partial charge in [-0.1, -0.05) is 30.3 Å². The maximum atomic E-state index is 12.5. The summed E-state index contributed by atoms with van der Waals surface area (Å²) in [6, 6.07) is 9.11. The molecule has 3 aliphatic heterocycles. The number of hydrogen-bond acceptors (Lipinski definition) is 20. The van der Waals surface area contributed by atoms with E-state index in [4.69, 9.17) is 61.6 Å². The molecule has 0 aliphatic carbocycles. The van der Waals surface area contributed by atoms with Crippen LogP contribution < -0.4 is 0 Å². The van der Waals surface area contributed by atoms with Gasteiger partial charge in [0.2, 0.25) is 12.4 Å². The highest BCUT2D eigenvalue weighted by atomic mass is 16.8. The Hall–Kier alpha value is -4.73. The molecule has 4 rings (SSSR count). The summed E-state index contributed by atoms with van der Waals surface area (Å²) in [7, 11) is 0. The maximum absolute atomic E-state index is 12.5. The molecule has 3 aliphatic rings. The standard InChI is InChI=1S/C36H46O20/c1-17(37)48-28-25(44-13-24-11-9-8-10-12-24)14-45-35(31(28)51-20(4)40)55-27-16-47-36(33(53-22(6)42)30(27)50-19(3)39)56-26-15-46-34(54-23(7)43)32(52-21(5)41)29(26)49-18(2)38/h8-12,25-36H,13-16H2,1-7H3. The number of benzene rings is 1. The molecule has 0 radical (unpaired) electrons. The third-order valence-corrected chi connectivity index (χ3v) is 8.17. The third kappa shape index (κ3) is 12.6. The van der Waals surface area contributed by atoms with E-state index in [-0.39, 0.29) is 13.2 Å². The van der Waals surface area contributed by atoms with Crippen LogP contribution in [0.15, 0.2) is 30.3 Å². The predicted molar refractivity (Wildman–Crippen MR) is 179 cm³/mol. The second kappa shape index (κ2) is 20.4. The van der Waals surface area contributed by atoms with Crippen molar-refractivity contribution in [1.29, 1.82) is 0 Å². The quantitative estimate of drug-likeness (QED) is 0.185. The minimum atomic E-state index is -1.59. The Balaban J connectivity index is 1.61. The molecule has 0 bridgehead atoms. The van der Waals surface area contributed by atoms with Gasteiger partial charge in [0.15, 0.2) is 43.1 Å². The molecule has 56 heavy (non-hydrogen) atoms. The minimum Gasteiger partial charge on any atom is -0.455 e. The summed E-state index contributed by atoms with van der Waals surface area (Å²) in [6.07, 6.45) is -16.8. The van der Waals surface area contributed by atoms with Crippen LogP contribution in [-0.4, -0.2) is 135 Å². The molecule has 12 unspecified atom stereocenters. The lowest BCUT2D eigenvalue weighted by Gasteiger charge is -2.46. The number of hydrogen-bond donors (Lipinski definition) is 0. The van der Waals surface area contributed by atoms with E-state index >= 15 is 0 Å². The van der Waals surface area contributed by atoms with E-state index in [1.807, 2.05) is 30.3 Å². The molecule has 3 heterocycles. The maximum Gasteiger partial charge on any atom is 0.305 e. The molecule has 0 spiro atoms. The van der Waals surface area contributed by atoms with Gasteiger partial charge in [-0.3, -0.25) is 33.6 Å². The fourth-order valence-electron chi connectivity index (χ4n) is 6.18. The summed E-state index contributed by atoms with van der Waals surface area (Å²) >= 11 is 0. The van der Waals surface area contributed by atoms with Crippen LogP contribution in [0.3, 0.4) is 0 Å². The van der Waals surface area contributed by atoms with Crippen molar-refractivity contribution in [3.8, 4) is 0 Å². The molecular weight excluding hydrogens is 752 g/mol. The van der Waals surface area contributed by atoms with E-state index in [1.54, 1.807) is 0 Å². The average Bonchev–Trinajstić information content (AvgIpc) is 3.09. The van der Waals surface area contributed by atoms with Gasteiger partial charge in [0.1, 0.15) is 18.3 Å². The molecule has 1 aromatic rings. The Morgan fingerprint density at radius 3 is 1.16 bits per heavy atom. The summed E-state index contributed by atoms with van der Waals surface area (Å²) in [6.45, 7) is 6.68. The molecule has 3 saturated heterocycles. The highest BCUT2D eigenvalue weighted by Crippen LogP contribution is 2.33. The Labute approximate surface area is 321 Å². The van der Waals surface area contributed by atoms with Gasteiger partial charge in [0.05, 0.1) is 26.4 Å². The number of carbonyl (C=O) groups is 7. The molecular formula is C36H46O20. The van der Waals surface area contributed by atoms with Crippen LogP contribution >= 0.6 is 0 Å². The SMILES string of the molecule is CC(=O)OC1OCC(OC2OCC(OC3OCC(OCc4ccccc4)C(OC(C)=O)C3OC(C)=O)C(OC(C)=O)C2OC(C)=O)C(OC(C)=O)C1OC(C)=O. The summed E-state index contributed by atoms with van der Waals surface area (Å²) < 4.78 is 74.1. The zero-order valence-electron chi connectivity index (χ0n) is 31.8. The lowest BCUT2D eigenvalue weighted by molar-refractivity contribution is -0.350. The molecule has 3 fully saturated rings. The first-order valence-corrected chi connectivity index (χ1v) is 17.5. The lowest BCUT2D eigenvalue weighted by atomic mass is 10.0. The summed E-state index contributed by atoms with van der Waals surface area (Å²) in [5.74, 6) is -5.66. The smallest absolute Gasteiger partial charge is 0.305 e. The second-order valence-corrected chi connectivity index (χ2v) is 12.8. The Morgan fingerprint density at radius 2 is 0.768 bits per heavy atom. The first-order chi connectivity index (χ1) is 26.5. The fourth-order valence-corrected chi connectivity index (χ4v) is 6.18. The molecule has 12 atom stereocenters. The van der Waals surface area contributed by atoms with Crippen molar-refractivity contribution in [3.05, 3.63) is 35.9 Å². The Bertz CT molecular complexity index is 1550. The van der Waals surface area contributed by atoms with E-state index in [2.05, 4.69) is 0 Å². The summed E-state index contributed by atoms with van der Waals surface area (Å²) in [5, 5.41) is 0. The van der Waals surface area contributed by atoms with Gasteiger partial charge in [-0.05, 0) is 5.56 Å². The van der Waals surface area contributed by atoms with Crippen molar-refractivity contribution in [2.24, 2.45) is 0 Å². The van der Waals surface area contributed by atoms with Crippen molar-refractivity contribution in [2.75, 3.05) is 19.8 Å². The first-order valence-electron chi connectivity index (χ1n) is 17.5. The number of esters is 7. The fraction of sp³-hybridized carbons (Fsp3) is 0.639. The van der Waals surface area contributed by atoms with E-state index in [9.17, 15) is 33.6 Å². The van der Waals surface area contributed by atoms with Crippen LogP contribution in [0.2, 0.25) is 0 Å². The van der Waals surface area contributed by atoms with Crippen LogP contribution in [0, 0.1) is 0 Å². The number of rotatable bonds is 14. The number of carbonyl (C=O) groups excluding carboxylic acids is 7. The molecule has 0 saturated carbocycles. The summed E-state index contributed by atoms with van der Waals surface area (Å²) in [4.78, 5) is 85.6. The van der Waals surface area contributed by atoms with Gasteiger partial charge < -0.3 is 61.6 Å². The topological polar surface area (TPSA) is 239 Å². The molecule has 0 aromatic heterocycles. The predicted octanol–water partition coefficient (Wildman–Crippen LogP) is 0.564. The van der Waals surface area contributed by atoms with Gasteiger partial charge in [-0.2, -0.15) is 0 Å². The first kappa shape index (κ1) is 44.0. The highest BCUT2D eigenvalue weighted by molar-refractivity contribution is 5.69. The van der Waals surface area contributed by atoms with Crippen LogP contribution in [0.1, 0.15) is 54.0 Å². The molecule has 0 amide bonds. The minimum absolute atomic E-state index is 0.0950. The molecule has 1 aromatic carbocycles. The second-order valence-electron chi connectivity index (χ2n) is 12.8. The molecule has 20 nitrogen and oxygen atoms in total. The molecule has 0 N–H and O–H groups in total. The van der Waals surface area contributed by atoms with Gasteiger partial charge in [0.25, 0.3) is 0 Å². The highest BCUT2D eigenvalue weighted by Gasteiger charge is 2.54. The normalized spacial score (nSPS) is 31.5. The Morgan fingerprint density at radius 1 is 0.446 bits per heavy atom. The van der Waals surface area contributed by atoms with Gasteiger partial charge in [-0.15, -0.1) is 0 Å². The van der Waals surface area contributed by atoms with E-state index in [1.165, 1.54) is 0 Å². The van der Waals surface area contributed by atoms with Crippen LogP contribution in [0.25, 0.3) is 0 Å². The third-order valence-electron chi connectivity index (χ3n) is 8.17.